The number of hydrogen-bond acceptors (Lipinski definition) is 3. The van der Waals surface area contributed by atoms with Crippen LogP contribution < -0.4 is 4.72 Å². The summed E-state index contributed by atoms with van der Waals surface area (Å²) < 4.78 is 25.4. The Hall–Kier alpha value is -1.07. The monoisotopic (exact) mass is 230 g/mol. The van der Waals surface area contributed by atoms with Crippen molar-refractivity contribution < 1.29 is 8.42 Å². The van der Waals surface area contributed by atoms with Gasteiger partial charge in [-0.3, -0.25) is 9.71 Å². The van der Waals surface area contributed by atoms with Crippen LogP contribution >= 0.6 is 11.6 Å². The summed E-state index contributed by atoms with van der Waals surface area (Å²) >= 11 is 5.89. The highest BCUT2D eigenvalue weighted by Crippen LogP contribution is 2.28. The molecule has 2 rings (SSSR count). The van der Waals surface area contributed by atoms with Gasteiger partial charge in [-0.2, -0.15) is 0 Å². The van der Waals surface area contributed by atoms with E-state index in [2.05, 4.69) is 9.71 Å². The van der Waals surface area contributed by atoms with E-state index in [-0.39, 0.29) is 4.90 Å². The maximum absolute atomic E-state index is 11.5. The minimum atomic E-state index is -3.45. The highest BCUT2D eigenvalue weighted by atomic mass is 35.5. The molecule has 0 saturated heterocycles. The van der Waals surface area contributed by atoms with E-state index in [0.717, 1.165) is 0 Å². The van der Waals surface area contributed by atoms with Gasteiger partial charge in [0.25, 0.3) is 10.0 Å². The molecule has 0 unspecified atom stereocenters. The molecular formula is C8H7ClN2O2S. The molecular weight excluding hydrogens is 224 g/mol. The fourth-order valence-electron chi connectivity index (χ4n) is 1.35. The molecule has 0 bridgehead atoms. The molecule has 0 spiro atoms. The zero-order valence-electron chi connectivity index (χ0n) is 7.28. The minimum absolute atomic E-state index is 0.186. The van der Waals surface area contributed by atoms with E-state index >= 15 is 0 Å². The number of aliphatic imine (C=N–C) groups is 1. The summed E-state index contributed by atoms with van der Waals surface area (Å²) in [6, 6.07) is 4.73. The summed E-state index contributed by atoms with van der Waals surface area (Å²) in [6.45, 7) is 0. The fraction of sp³-hybridized carbons (Fsp3) is 0.125. The summed E-state index contributed by atoms with van der Waals surface area (Å²) in [4.78, 5) is 4.01. The predicted molar refractivity (Wildman–Crippen MR) is 54.2 cm³/mol. The molecule has 0 amide bonds. The smallest absolute Gasteiger partial charge is 0.263 e. The van der Waals surface area contributed by atoms with Crippen molar-refractivity contribution in [1.82, 2.24) is 4.72 Å². The Morgan fingerprint density at radius 3 is 2.79 bits per heavy atom. The standard InChI is InChI=1S/C8H7ClN2O2S/c1-10-8-7-5(9)3-2-4-6(7)14(12,13)11-8/h2-4H,1H3,(H,10,11). The van der Waals surface area contributed by atoms with Crippen molar-refractivity contribution in [2.75, 3.05) is 7.05 Å². The number of sulfonamides is 1. The largest absolute Gasteiger partial charge is 0.271 e. The summed E-state index contributed by atoms with van der Waals surface area (Å²) in [5.41, 5.74) is 0.455. The van der Waals surface area contributed by atoms with Crippen LogP contribution in [-0.4, -0.2) is 21.3 Å². The molecule has 0 aromatic heterocycles. The van der Waals surface area contributed by atoms with Gasteiger partial charge in [0, 0.05) is 7.05 Å². The lowest BCUT2D eigenvalue weighted by Gasteiger charge is -1.97. The molecule has 4 nitrogen and oxygen atoms in total. The number of benzene rings is 1. The summed E-state index contributed by atoms with van der Waals surface area (Å²) in [5, 5.41) is 0.386. The van der Waals surface area contributed by atoms with Gasteiger partial charge in [-0.15, -0.1) is 0 Å². The molecule has 1 N–H and O–H groups in total. The highest BCUT2D eigenvalue weighted by molar-refractivity contribution is 7.90. The Labute approximate surface area is 86.7 Å². The first-order valence-corrected chi connectivity index (χ1v) is 5.71. The SMILES string of the molecule is CN=C1NS(=O)(=O)c2cccc(Cl)c21. The molecule has 0 fully saturated rings. The molecule has 1 heterocycles. The van der Waals surface area contributed by atoms with E-state index < -0.39 is 10.0 Å². The summed E-state index contributed by atoms with van der Waals surface area (Å²) in [6.07, 6.45) is 0. The number of halogens is 1. The van der Waals surface area contributed by atoms with Crippen molar-refractivity contribution in [3.63, 3.8) is 0 Å². The Balaban J connectivity index is 2.85. The van der Waals surface area contributed by atoms with Crippen LogP contribution in [0.2, 0.25) is 5.02 Å². The molecule has 0 aliphatic carbocycles. The van der Waals surface area contributed by atoms with E-state index in [9.17, 15) is 8.42 Å². The normalized spacial score (nSPS) is 20.6. The van der Waals surface area contributed by atoms with Gasteiger partial charge in [0.1, 0.15) is 5.84 Å². The van der Waals surface area contributed by atoms with Gasteiger partial charge in [0.15, 0.2) is 0 Å². The van der Waals surface area contributed by atoms with Gasteiger partial charge >= 0.3 is 0 Å². The molecule has 1 aromatic rings. The van der Waals surface area contributed by atoms with Crippen molar-refractivity contribution in [3.8, 4) is 0 Å². The molecule has 6 heteroatoms. The lowest BCUT2D eigenvalue weighted by molar-refractivity contribution is 0.595. The Bertz CT molecular complexity index is 522. The molecule has 1 aliphatic heterocycles. The van der Waals surface area contributed by atoms with Gasteiger partial charge < -0.3 is 0 Å². The van der Waals surface area contributed by atoms with Gasteiger partial charge in [-0.1, -0.05) is 17.7 Å². The maximum atomic E-state index is 11.5. The van der Waals surface area contributed by atoms with Crippen LogP contribution in [0.25, 0.3) is 0 Å². The quantitative estimate of drug-likeness (QED) is 0.723. The van der Waals surface area contributed by atoms with Crippen molar-refractivity contribution in [1.29, 1.82) is 0 Å². The second kappa shape index (κ2) is 2.96. The van der Waals surface area contributed by atoms with Gasteiger partial charge in [-0.05, 0) is 12.1 Å². The minimum Gasteiger partial charge on any atom is -0.271 e. The molecule has 1 aliphatic rings. The Morgan fingerprint density at radius 2 is 2.14 bits per heavy atom. The number of rotatable bonds is 0. The highest BCUT2D eigenvalue weighted by Gasteiger charge is 2.31. The first-order chi connectivity index (χ1) is 6.56. The average molecular weight is 231 g/mol. The topological polar surface area (TPSA) is 58.5 Å². The van der Waals surface area contributed by atoms with Crippen molar-refractivity contribution in [2.45, 2.75) is 4.90 Å². The van der Waals surface area contributed by atoms with Crippen LogP contribution in [0.4, 0.5) is 0 Å². The number of nitrogens with zero attached hydrogens (tertiary/aromatic N) is 1. The van der Waals surface area contributed by atoms with E-state index in [1.54, 1.807) is 12.1 Å². The third-order valence-corrected chi connectivity index (χ3v) is 3.65. The lowest BCUT2D eigenvalue weighted by atomic mass is 10.2. The van der Waals surface area contributed by atoms with Crippen LogP contribution in [0.3, 0.4) is 0 Å². The molecule has 74 valence electrons. The summed E-state index contributed by atoms with van der Waals surface area (Å²) in [7, 11) is -1.94. The van der Waals surface area contributed by atoms with E-state index in [1.165, 1.54) is 13.1 Å². The molecule has 0 radical (unpaired) electrons. The third-order valence-electron chi connectivity index (χ3n) is 1.96. The molecule has 1 aromatic carbocycles. The van der Waals surface area contributed by atoms with Crippen molar-refractivity contribution >= 4 is 27.5 Å². The summed E-state index contributed by atoms with van der Waals surface area (Å²) in [5.74, 6) is 0.297. The van der Waals surface area contributed by atoms with E-state index in [1.807, 2.05) is 0 Å². The maximum Gasteiger partial charge on any atom is 0.263 e. The first kappa shape index (κ1) is 9.48. The molecule has 14 heavy (non-hydrogen) atoms. The third kappa shape index (κ3) is 1.20. The van der Waals surface area contributed by atoms with Crippen LogP contribution in [0.5, 0.6) is 0 Å². The van der Waals surface area contributed by atoms with Gasteiger partial charge in [0.05, 0.1) is 15.5 Å². The van der Waals surface area contributed by atoms with E-state index in [4.69, 9.17) is 11.6 Å². The number of hydrogen-bond donors (Lipinski definition) is 1. The second-order valence-corrected chi connectivity index (χ2v) is 4.85. The molecule has 0 saturated carbocycles. The zero-order valence-corrected chi connectivity index (χ0v) is 8.85. The van der Waals surface area contributed by atoms with E-state index in [0.29, 0.717) is 16.4 Å². The van der Waals surface area contributed by atoms with Crippen LogP contribution in [0, 0.1) is 0 Å². The zero-order chi connectivity index (χ0) is 10.3. The number of amidine groups is 1. The molecule has 0 atom stereocenters. The van der Waals surface area contributed by atoms with Crippen molar-refractivity contribution in [3.05, 3.63) is 28.8 Å². The van der Waals surface area contributed by atoms with Gasteiger partial charge in [-0.25, -0.2) is 8.42 Å². The lowest BCUT2D eigenvalue weighted by Crippen LogP contribution is -2.21. The first-order valence-electron chi connectivity index (χ1n) is 3.85. The number of fused-ring (bicyclic) bond motifs is 1. The van der Waals surface area contributed by atoms with Crippen molar-refractivity contribution in [2.24, 2.45) is 4.99 Å². The van der Waals surface area contributed by atoms with Gasteiger partial charge in [0.2, 0.25) is 0 Å². The predicted octanol–water partition coefficient (Wildman–Crippen LogP) is 1.01. The second-order valence-electron chi connectivity index (χ2n) is 2.79. The van der Waals surface area contributed by atoms with Crippen LogP contribution in [0.15, 0.2) is 28.1 Å². The van der Waals surface area contributed by atoms with Crippen LogP contribution in [-0.2, 0) is 10.0 Å². The average Bonchev–Trinajstić information content (AvgIpc) is 2.40. The number of nitrogens with one attached hydrogen (secondary N) is 1. The van der Waals surface area contributed by atoms with Crippen LogP contribution in [0.1, 0.15) is 5.56 Å². The fourth-order valence-corrected chi connectivity index (χ4v) is 2.96. The Morgan fingerprint density at radius 1 is 1.43 bits per heavy atom. The Kier molecular flexibility index (Phi) is 2.01.